The summed E-state index contributed by atoms with van der Waals surface area (Å²) in [5.41, 5.74) is 5.19. The third-order valence-electron chi connectivity index (χ3n) is 6.61. The molecule has 0 bridgehead atoms. The van der Waals surface area contributed by atoms with Crippen molar-refractivity contribution in [2.75, 3.05) is 24.7 Å². The van der Waals surface area contributed by atoms with Gasteiger partial charge in [-0.2, -0.15) is 5.10 Å². The summed E-state index contributed by atoms with van der Waals surface area (Å²) in [5, 5.41) is 4.66. The zero-order chi connectivity index (χ0) is 19.3. The van der Waals surface area contributed by atoms with Crippen molar-refractivity contribution in [3.8, 4) is 5.75 Å². The van der Waals surface area contributed by atoms with Crippen LogP contribution in [0.5, 0.6) is 5.75 Å². The number of hydrogen-bond acceptors (Lipinski definition) is 5. The molecule has 0 spiro atoms. The summed E-state index contributed by atoms with van der Waals surface area (Å²) in [5.74, 6) is 1.62. The Kier molecular flexibility index (Phi) is 4.47. The molecular formula is C21H27N3O3S. The van der Waals surface area contributed by atoms with E-state index in [0.29, 0.717) is 18.9 Å². The number of sulfone groups is 1. The number of aromatic nitrogens is 2. The van der Waals surface area contributed by atoms with Crippen molar-refractivity contribution in [2.24, 2.45) is 0 Å². The Labute approximate surface area is 166 Å². The van der Waals surface area contributed by atoms with E-state index in [1.807, 2.05) is 6.20 Å². The van der Waals surface area contributed by atoms with Crippen LogP contribution < -0.4 is 4.74 Å². The second kappa shape index (κ2) is 6.88. The van der Waals surface area contributed by atoms with Gasteiger partial charge in [0.2, 0.25) is 0 Å². The molecule has 6 nitrogen and oxygen atoms in total. The van der Waals surface area contributed by atoms with Crippen LogP contribution in [-0.4, -0.2) is 47.8 Å². The van der Waals surface area contributed by atoms with E-state index in [1.165, 1.54) is 22.4 Å². The normalized spacial score (nSPS) is 23.0. The lowest BCUT2D eigenvalue weighted by molar-refractivity contribution is 0.188. The fourth-order valence-electron chi connectivity index (χ4n) is 4.80. The number of fused-ring (bicyclic) bond motifs is 2. The average molecular weight is 402 g/mol. The van der Waals surface area contributed by atoms with Crippen molar-refractivity contribution in [1.29, 1.82) is 0 Å². The summed E-state index contributed by atoms with van der Waals surface area (Å²) in [4.78, 5) is 2.50. The van der Waals surface area contributed by atoms with Crippen LogP contribution >= 0.6 is 0 Å². The molecule has 150 valence electrons. The van der Waals surface area contributed by atoms with E-state index in [1.54, 1.807) is 0 Å². The average Bonchev–Trinajstić information content (AvgIpc) is 3.33. The zero-order valence-corrected chi connectivity index (χ0v) is 17.1. The highest BCUT2D eigenvalue weighted by molar-refractivity contribution is 7.91. The first-order valence-corrected chi connectivity index (χ1v) is 12.1. The Hall–Kier alpha value is -1.86. The Morgan fingerprint density at radius 3 is 2.82 bits per heavy atom. The minimum atomic E-state index is -2.84. The maximum atomic E-state index is 11.7. The molecule has 1 aromatic carbocycles. The number of hydrogen-bond donors (Lipinski definition) is 0. The van der Waals surface area contributed by atoms with Gasteiger partial charge >= 0.3 is 0 Å². The van der Waals surface area contributed by atoms with Crippen molar-refractivity contribution < 1.29 is 13.2 Å². The molecule has 1 atom stereocenters. The lowest BCUT2D eigenvalue weighted by Crippen LogP contribution is -2.34. The van der Waals surface area contributed by atoms with Gasteiger partial charge in [0.15, 0.2) is 0 Å². The molecule has 0 saturated carbocycles. The summed E-state index contributed by atoms with van der Waals surface area (Å²) in [6, 6.07) is 7.20. The molecule has 3 aliphatic heterocycles. The largest absolute Gasteiger partial charge is 0.493 e. The van der Waals surface area contributed by atoms with Gasteiger partial charge in [-0.15, -0.1) is 0 Å². The van der Waals surface area contributed by atoms with E-state index < -0.39 is 9.84 Å². The molecule has 3 aliphatic rings. The van der Waals surface area contributed by atoms with E-state index in [-0.39, 0.29) is 17.5 Å². The SMILES string of the molecule is CC(c1ccc2c(c1)OCC2)N1CCc2c(cnn2C2CCS(=O)(=O)CC2)C1. The summed E-state index contributed by atoms with van der Waals surface area (Å²) >= 11 is 0. The van der Waals surface area contributed by atoms with Crippen LogP contribution in [0.3, 0.4) is 0 Å². The Bertz CT molecular complexity index is 984. The van der Waals surface area contributed by atoms with Gasteiger partial charge in [-0.1, -0.05) is 12.1 Å². The summed E-state index contributed by atoms with van der Waals surface area (Å²) in [6.45, 7) is 4.93. The van der Waals surface area contributed by atoms with Crippen molar-refractivity contribution in [3.05, 3.63) is 46.8 Å². The number of ether oxygens (including phenoxy) is 1. The first-order chi connectivity index (χ1) is 13.5. The summed E-state index contributed by atoms with van der Waals surface area (Å²) in [6.07, 6.45) is 5.34. The summed E-state index contributed by atoms with van der Waals surface area (Å²) < 4.78 is 31.3. The van der Waals surface area contributed by atoms with Gasteiger partial charge in [-0.25, -0.2) is 8.42 Å². The lowest BCUT2D eigenvalue weighted by atomic mass is 10.00. The van der Waals surface area contributed by atoms with Gasteiger partial charge in [0.1, 0.15) is 15.6 Å². The number of nitrogens with zero attached hydrogens (tertiary/aromatic N) is 3. The molecule has 1 aromatic heterocycles. The Balaban J connectivity index is 1.31. The van der Waals surface area contributed by atoms with Crippen molar-refractivity contribution in [3.63, 3.8) is 0 Å². The highest BCUT2D eigenvalue weighted by Crippen LogP contribution is 2.34. The van der Waals surface area contributed by atoms with Crippen LogP contribution in [-0.2, 0) is 29.2 Å². The van der Waals surface area contributed by atoms with Crippen LogP contribution in [0.25, 0.3) is 0 Å². The number of benzene rings is 1. The molecule has 2 aromatic rings. The fraction of sp³-hybridized carbons (Fsp3) is 0.571. The summed E-state index contributed by atoms with van der Waals surface area (Å²) in [7, 11) is -2.84. The molecule has 0 radical (unpaired) electrons. The van der Waals surface area contributed by atoms with E-state index in [4.69, 9.17) is 4.74 Å². The maximum absolute atomic E-state index is 11.7. The highest BCUT2D eigenvalue weighted by Gasteiger charge is 2.30. The zero-order valence-electron chi connectivity index (χ0n) is 16.3. The highest BCUT2D eigenvalue weighted by atomic mass is 32.2. The van der Waals surface area contributed by atoms with Crippen LogP contribution in [0.2, 0.25) is 0 Å². The lowest BCUT2D eigenvalue weighted by Gasteiger charge is -2.34. The minimum absolute atomic E-state index is 0.227. The predicted molar refractivity (Wildman–Crippen MR) is 107 cm³/mol. The van der Waals surface area contributed by atoms with Crippen LogP contribution in [0.15, 0.2) is 24.4 Å². The van der Waals surface area contributed by atoms with Crippen molar-refractivity contribution in [1.82, 2.24) is 14.7 Å². The van der Waals surface area contributed by atoms with Gasteiger partial charge in [-0.3, -0.25) is 9.58 Å². The monoisotopic (exact) mass is 401 g/mol. The van der Waals surface area contributed by atoms with E-state index in [2.05, 4.69) is 39.8 Å². The molecule has 28 heavy (non-hydrogen) atoms. The molecule has 4 heterocycles. The first-order valence-electron chi connectivity index (χ1n) is 10.3. The van der Waals surface area contributed by atoms with Gasteiger partial charge in [0, 0.05) is 43.2 Å². The molecule has 1 unspecified atom stereocenters. The molecular weight excluding hydrogens is 374 g/mol. The molecule has 0 amide bonds. The Morgan fingerprint density at radius 2 is 2.00 bits per heavy atom. The minimum Gasteiger partial charge on any atom is -0.493 e. The van der Waals surface area contributed by atoms with Gasteiger partial charge < -0.3 is 4.74 Å². The fourth-order valence-corrected chi connectivity index (χ4v) is 6.27. The third kappa shape index (κ3) is 3.24. The molecule has 1 saturated heterocycles. The quantitative estimate of drug-likeness (QED) is 0.791. The van der Waals surface area contributed by atoms with Crippen molar-refractivity contribution in [2.45, 2.75) is 51.2 Å². The van der Waals surface area contributed by atoms with Crippen LogP contribution in [0.1, 0.15) is 54.2 Å². The van der Waals surface area contributed by atoms with Gasteiger partial charge in [0.05, 0.1) is 30.4 Å². The molecule has 0 aliphatic carbocycles. The van der Waals surface area contributed by atoms with Crippen LogP contribution in [0.4, 0.5) is 0 Å². The molecule has 5 rings (SSSR count). The van der Waals surface area contributed by atoms with E-state index in [0.717, 1.165) is 38.3 Å². The maximum Gasteiger partial charge on any atom is 0.150 e. The number of rotatable bonds is 3. The van der Waals surface area contributed by atoms with Crippen molar-refractivity contribution >= 4 is 9.84 Å². The second-order valence-electron chi connectivity index (χ2n) is 8.31. The molecule has 7 heteroatoms. The van der Waals surface area contributed by atoms with E-state index in [9.17, 15) is 8.42 Å². The standard InChI is InChI=1S/C21H27N3O3S/c1-15(17-3-2-16-5-9-27-21(16)12-17)23-8-4-20-18(14-23)13-22-24(20)19-6-10-28(25,26)11-7-19/h2-3,12-13,15,19H,4-11,14H2,1H3. The second-order valence-corrected chi connectivity index (χ2v) is 10.6. The first kappa shape index (κ1) is 18.2. The topological polar surface area (TPSA) is 64.4 Å². The van der Waals surface area contributed by atoms with E-state index >= 15 is 0 Å². The third-order valence-corrected chi connectivity index (χ3v) is 8.33. The van der Waals surface area contributed by atoms with Crippen LogP contribution in [0, 0.1) is 0 Å². The molecule has 1 fully saturated rings. The smallest absolute Gasteiger partial charge is 0.150 e. The van der Waals surface area contributed by atoms with Gasteiger partial charge in [-0.05, 0) is 37.0 Å². The molecule has 0 N–H and O–H groups in total. The predicted octanol–water partition coefficient (Wildman–Crippen LogP) is 2.69. The van der Waals surface area contributed by atoms with Gasteiger partial charge in [0.25, 0.3) is 0 Å². The Morgan fingerprint density at radius 1 is 1.18 bits per heavy atom.